The second kappa shape index (κ2) is 7.95. The average molecular weight is 383 g/mol. The minimum absolute atomic E-state index is 0.275. The van der Waals surface area contributed by atoms with E-state index in [1.807, 2.05) is 0 Å². The molecule has 1 aromatic rings. The number of halogens is 1. The molecule has 8 heteroatoms. The molecule has 7 nitrogen and oxygen atoms in total. The lowest BCUT2D eigenvalue weighted by Crippen LogP contribution is -2.47. The van der Waals surface area contributed by atoms with E-state index >= 15 is 0 Å². The van der Waals surface area contributed by atoms with Crippen LogP contribution in [0, 0.1) is 0 Å². The van der Waals surface area contributed by atoms with Crippen molar-refractivity contribution in [1.82, 2.24) is 5.32 Å². The number of carbonyl (C=O) groups excluding carboxylic acids is 3. The van der Waals surface area contributed by atoms with Gasteiger partial charge in [0.15, 0.2) is 0 Å². The van der Waals surface area contributed by atoms with Gasteiger partial charge in [-0.05, 0) is 45.0 Å². The third kappa shape index (κ3) is 5.62. The van der Waals surface area contributed by atoms with Gasteiger partial charge in [-0.3, -0.25) is 14.9 Å². The van der Waals surface area contributed by atoms with Gasteiger partial charge in [-0.15, -0.1) is 0 Å². The summed E-state index contributed by atoms with van der Waals surface area (Å²) in [6, 6.07) is 6.28. The highest BCUT2D eigenvalue weighted by Crippen LogP contribution is 2.28. The number of ether oxygens (including phenoxy) is 2. The molecule has 1 aliphatic rings. The van der Waals surface area contributed by atoms with E-state index in [1.54, 1.807) is 49.9 Å². The Labute approximate surface area is 157 Å². The van der Waals surface area contributed by atoms with Gasteiger partial charge in [0.05, 0.1) is 6.54 Å². The molecule has 1 saturated heterocycles. The van der Waals surface area contributed by atoms with Crippen LogP contribution in [0.2, 0.25) is 5.02 Å². The number of amides is 2. The van der Waals surface area contributed by atoms with Crippen LogP contribution in [0.15, 0.2) is 24.3 Å². The second-order valence-corrected chi connectivity index (χ2v) is 7.54. The van der Waals surface area contributed by atoms with Gasteiger partial charge >= 0.3 is 12.1 Å². The van der Waals surface area contributed by atoms with E-state index < -0.39 is 35.7 Å². The summed E-state index contributed by atoms with van der Waals surface area (Å²) in [6.45, 7) is 6.80. The molecule has 1 heterocycles. The van der Waals surface area contributed by atoms with Crippen LogP contribution in [0.1, 0.15) is 34.1 Å². The first kappa shape index (κ1) is 20.0. The molecule has 1 N–H and O–H groups in total. The zero-order chi connectivity index (χ0) is 19.5. The minimum atomic E-state index is -0.811. The fourth-order valence-corrected chi connectivity index (χ4v) is 2.90. The minimum Gasteiger partial charge on any atom is -0.461 e. The van der Waals surface area contributed by atoms with Crippen LogP contribution in [0.3, 0.4) is 0 Å². The highest BCUT2D eigenvalue weighted by atomic mass is 35.5. The number of rotatable bonds is 3. The normalized spacial score (nSPS) is 19.8. The topological polar surface area (TPSA) is 84.9 Å². The number of alkyl carbamates (subject to hydrolysis) is 1. The summed E-state index contributed by atoms with van der Waals surface area (Å²) in [5.74, 6) is -0.928. The Balaban J connectivity index is 2.15. The van der Waals surface area contributed by atoms with Crippen molar-refractivity contribution in [2.24, 2.45) is 0 Å². The van der Waals surface area contributed by atoms with Gasteiger partial charge in [0.25, 0.3) is 5.91 Å². The third-order valence-corrected chi connectivity index (χ3v) is 3.93. The SMILES string of the molecule is CC(=O)O[C@@H]1C[C@H](C(=O)NC(=O)OC(C)(C)C)N(c2ccc(Cl)cc2)C1. The molecule has 0 spiro atoms. The summed E-state index contributed by atoms with van der Waals surface area (Å²) >= 11 is 5.92. The highest BCUT2D eigenvalue weighted by Gasteiger charge is 2.39. The van der Waals surface area contributed by atoms with Crippen LogP contribution < -0.4 is 10.2 Å². The van der Waals surface area contributed by atoms with Gasteiger partial charge in [0, 0.05) is 24.1 Å². The summed E-state index contributed by atoms with van der Waals surface area (Å²) in [6.07, 6.45) is -0.983. The van der Waals surface area contributed by atoms with Gasteiger partial charge in [-0.25, -0.2) is 4.79 Å². The lowest BCUT2D eigenvalue weighted by atomic mass is 10.1. The van der Waals surface area contributed by atoms with Crippen LogP contribution in [0.5, 0.6) is 0 Å². The summed E-state index contributed by atoms with van der Waals surface area (Å²) in [5.41, 5.74) is 0.0318. The maximum absolute atomic E-state index is 12.6. The summed E-state index contributed by atoms with van der Waals surface area (Å²) in [7, 11) is 0. The molecule has 0 aliphatic carbocycles. The van der Waals surface area contributed by atoms with E-state index in [9.17, 15) is 14.4 Å². The molecule has 0 radical (unpaired) electrons. The Morgan fingerprint density at radius 3 is 2.35 bits per heavy atom. The number of benzene rings is 1. The second-order valence-electron chi connectivity index (χ2n) is 7.10. The van der Waals surface area contributed by atoms with Crippen molar-refractivity contribution < 1.29 is 23.9 Å². The van der Waals surface area contributed by atoms with Gasteiger partial charge in [-0.2, -0.15) is 0 Å². The first-order valence-electron chi connectivity index (χ1n) is 8.28. The highest BCUT2D eigenvalue weighted by molar-refractivity contribution is 6.30. The molecule has 2 rings (SSSR count). The van der Waals surface area contributed by atoms with Crippen molar-refractivity contribution in [2.45, 2.75) is 51.9 Å². The first-order valence-corrected chi connectivity index (χ1v) is 8.66. The third-order valence-electron chi connectivity index (χ3n) is 3.68. The molecule has 26 heavy (non-hydrogen) atoms. The van der Waals surface area contributed by atoms with Gasteiger partial charge < -0.3 is 14.4 Å². The first-order chi connectivity index (χ1) is 12.0. The molecule has 0 aromatic heterocycles. The molecule has 1 aliphatic heterocycles. The van der Waals surface area contributed by atoms with Gasteiger partial charge in [-0.1, -0.05) is 11.6 Å². The summed E-state index contributed by atoms with van der Waals surface area (Å²) < 4.78 is 10.4. The maximum Gasteiger partial charge on any atom is 0.414 e. The number of imide groups is 1. The molecule has 0 saturated carbocycles. The largest absolute Gasteiger partial charge is 0.461 e. The van der Waals surface area contributed by atoms with Crippen LogP contribution in [-0.2, 0) is 19.1 Å². The lowest BCUT2D eigenvalue weighted by molar-refractivity contribution is -0.145. The van der Waals surface area contributed by atoms with Crippen molar-refractivity contribution in [2.75, 3.05) is 11.4 Å². The predicted molar refractivity (Wildman–Crippen MR) is 97.1 cm³/mol. The maximum atomic E-state index is 12.6. The monoisotopic (exact) mass is 382 g/mol. The molecular weight excluding hydrogens is 360 g/mol. The van der Waals surface area contributed by atoms with Crippen LogP contribution >= 0.6 is 11.6 Å². The van der Waals surface area contributed by atoms with Crippen molar-refractivity contribution >= 4 is 35.3 Å². The van der Waals surface area contributed by atoms with E-state index in [1.165, 1.54) is 6.92 Å². The smallest absolute Gasteiger partial charge is 0.414 e. The van der Waals surface area contributed by atoms with Crippen LogP contribution in [0.25, 0.3) is 0 Å². The van der Waals surface area contributed by atoms with Crippen molar-refractivity contribution in [1.29, 1.82) is 0 Å². The van der Waals surface area contributed by atoms with Crippen molar-refractivity contribution in [3.63, 3.8) is 0 Å². The number of nitrogens with one attached hydrogen (secondary N) is 1. The predicted octanol–water partition coefficient (Wildman–Crippen LogP) is 2.90. The summed E-state index contributed by atoms with van der Waals surface area (Å²) in [4.78, 5) is 37.5. The van der Waals surface area contributed by atoms with E-state index in [2.05, 4.69) is 5.32 Å². The molecule has 142 valence electrons. The Morgan fingerprint density at radius 2 is 1.81 bits per heavy atom. The fourth-order valence-electron chi connectivity index (χ4n) is 2.77. The number of esters is 1. The number of hydrogen-bond acceptors (Lipinski definition) is 6. The molecule has 1 fully saturated rings. The van der Waals surface area contributed by atoms with Gasteiger partial charge in [0.2, 0.25) is 0 Å². The number of anilines is 1. The molecule has 2 amide bonds. The fraction of sp³-hybridized carbons (Fsp3) is 0.500. The number of carbonyl (C=O) groups is 3. The van der Waals surface area contributed by atoms with Gasteiger partial charge in [0.1, 0.15) is 17.7 Å². The van der Waals surface area contributed by atoms with Crippen molar-refractivity contribution in [3.05, 3.63) is 29.3 Å². The molecule has 1 aromatic carbocycles. The zero-order valence-electron chi connectivity index (χ0n) is 15.2. The standard InChI is InChI=1S/C18H23ClN2O5/c1-11(22)25-14-9-15(16(23)20-17(24)26-18(2,3)4)21(10-14)13-7-5-12(19)6-8-13/h5-8,14-15H,9-10H2,1-4H3,(H,20,23,24)/t14-,15-/m1/s1. The van der Waals surface area contributed by atoms with E-state index in [0.29, 0.717) is 11.6 Å². The molecule has 0 unspecified atom stereocenters. The molecular formula is C18H23ClN2O5. The Hall–Kier alpha value is -2.28. The van der Waals surface area contributed by atoms with Crippen molar-refractivity contribution in [3.8, 4) is 0 Å². The Morgan fingerprint density at radius 1 is 1.19 bits per heavy atom. The Kier molecular flexibility index (Phi) is 6.13. The number of hydrogen-bond donors (Lipinski definition) is 1. The molecule has 2 atom stereocenters. The van der Waals surface area contributed by atoms with E-state index in [0.717, 1.165) is 5.69 Å². The zero-order valence-corrected chi connectivity index (χ0v) is 16.0. The quantitative estimate of drug-likeness (QED) is 0.809. The molecule has 0 bridgehead atoms. The van der Waals surface area contributed by atoms with E-state index in [4.69, 9.17) is 21.1 Å². The summed E-state index contributed by atoms with van der Waals surface area (Å²) in [5, 5.41) is 2.82. The lowest BCUT2D eigenvalue weighted by Gasteiger charge is -2.26. The average Bonchev–Trinajstić information content (AvgIpc) is 2.89. The number of nitrogens with zero attached hydrogens (tertiary/aromatic N) is 1. The van der Waals surface area contributed by atoms with Crippen LogP contribution in [-0.4, -0.2) is 42.3 Å². The van der Waals surface area contributed by atoms with Crippen LogP contribution in [0.4, 0.5) is 10.5 Å². The van der Waals surface area contributed by atoms with E-state index in [-0.39, 0.29) is 6.42 Å². The Bertz CT molecular complexity index is 684.